The Morgan fingerprint density at radius 3 is 2.60 bits per heavy atom. The number of carbonyl (C=O) groups excluding carboxylic acids is 2. The maximum absolute atomic E-state index is 12.9. The van der Waals surface area contributed by atoms with Gasteiger partial charge in [-0.05, 0) is 43.9 Å². The van der Waals surface area contributed by atoms with E-state index in [1.54, 1.807) is 4.90 Å². The van der Waals surface area contributed by atoms with E-state index in [4.69, 9.17) is 0 Å². The fourth-order valence-electron chi connectivity index (χ4n) is 3.21. The fourth-order valence-corrected chi connectivity index (χ4v) is 3.21. The third-order valence-electron chi connectivity index (χ3n) is 4.58. The molecule has 1 aromatic rings. The third kappa shape index (κ3) is 4.74. The molecule has 1 aliphatic heterocycles. The number of likely N-dealkylation sites (tertiary alicyclic amines) is 1. The van der Waals surface area contributed by atoms with Crippen LogP contribution in [-0.4, -0.2) is 35.8 Å². The van der Waals surface area contributed by atoms with E-state index in [2.05, 4.69) is 0 Å². The Hall–Kier alpha value is -2.05. The molecular formula is C18H23F3N2O2. The van der Waals surface area contributed by atoms with Crippen molar-refractivity contribution in [2.45, 2.75) is 51.7 Å². The van der Waals surface area contributed by atoms with Crippen LogP contribution in [0, 0.1) is 0 Å². The fraction of sp³-hybridized carbons (Fsp3) is 0.556. The minimum absolute atomic E-state index is 0.0840. The molecule has 0 aliphatic carbocycles. The van der Waals surface area contributed by atoms with Gasteiger partial charge in [0.15, 0.2) is 0 Å². The minimum atomic E-state index is -4.50. The minimum Gasteiger partial charge on any atom is -0.338 e. The molecule has 0 N–H and O–H groups in total. The molecule has 1 fully saturated rings. The Bertz CT molecular complexity index is 631. The molecule has 1 saturated heterocycles. The molecule has 0 radical (unpaired) electrons. The maximum Gasteiger partial charge on any atom is 0.416 e. The number of alkyl halides is 3. The first kappa shape index (κ1) is 19.3. The molecule has 1 aromatic carbocycles. The molecule has 4 nitrogen and oxygen atoms in total. The Labute approximate surface area is 145 Å². The van der Waals surface area contributed by atoms with Crippen LogP contribution < -0.4 is 4.90 Å². The van der Waals surface area contributed by atoms with Gasteiger partial charge in [-0.15, -0.1) is 0 Å². The molecule has 25 heavy (non-hydrogen) atoms. The van der Waals surface area contributed by atoms with Crippen molar-refractivity contribution in [3.63, 3.8) is 0 Å². The summed E-state index contributed by atoms with van der Waals surface area (Å²) in [5.41, 5.74) is -0.756. The molecule has 0 saturated carbocycles. The van der Waals surface area contributed by atoms with E-state index in [9.17, 15) is 22.8 Å². The van der Waals surface area contributed by atoms with Gasteiger partial charge in [0.25, 0.3) is 0 Å². The van der Waals surface area contributed by atoms with Gasteiger partial charge < -0.3 is 9.80 Å². The normalized spacial score (nSPS) is 18.1. The average Bonchev–Trinajstić information content (AvgIpc) is 2.58. The van der Waals surface area contributed by atoms with Gasteiger partial charge >= 0.3 is 6.18 Å². The van der Waals surface area contributed by atoms with Gasteiger partial charge in [0.1, 0.15) is 6.54 Å². The van der Waals surface area contributed by atoms with Crippen LogP contribution in [0.1, 0.15) is 45.1 Å². The predicted molar refractivity (Wildman–Crippen MR) is 89.1 cm³/mol. The van der Waals surface area contributed by atoms with Gasteiger partial charge in [-0.2, -0.15) is 13.2 Å². The first-order chi connectivity index (χ1) is 11.7. The maximum atomic E-state index is 12.9. The van der Waals surface area contributed by atoms with Crippen molar-refractivity contribution in [3.8, 4) is 0 Å². The molecule has 1 unspecified atom stereocenters. The number of carbonyl (C=O) groups is 2. The van der Waals surface area contributed by atoms with Crippen molar-refractivity contribution >= 4 is 17.5 Å². The van der Waals surface area contributed by atoms with Crippen molar-refractivity contribution in [1.82, 2.24) is 4.90 Å². The highest BCUT2D eigenvalue weighted by molar-refractivity contribution is 5.97. The quantitative estimate of drug-likeness (QED) is 0.822. The van der Waals surface area contributed by atoms with Crippen LogP contribution >= 0.6 is 0 Å². The summed E-state index contributed by atoms with van der Waals surface area (Å²) in [6, 6.07) is 4.64. The van der Waals surface area contributed by atoms with Gasteiger partial charge in [0.2, 0.25) is 11.8 Å². The van der Waals surface area contributed by atoms with Crippen molar-refractivity contribution in [2.24, 2.45) is 0 Å². The lowest BCUT2D eigenvalue weighted by molar-refractivity contribution is -0.137. The molecule has 2 amide bonds. The lowest BCUT2D eigenvalue weighted by atomic mass is 10.00. The van der Waals surface area contributed by atoms with Crippen molar-refractivity contribution in [2.75, 3.05) is 18.0 Å². The van der Waals surface area contributed by atoms with Crippen LogP contribution in [0.5, 0.6) is 0 Å². The van der Waals surface area contributed by atoms with Crippen molar-refractivity contribution < 1.29 is 22.8 Å². The van der Waals surface area contributed by atoms with Gasteiger partial charge in [0, 0.05) is 25.2 Å². The monoisotopic (exact) mass is 356 g/mol. The number of halogens is 3. The number of amides is 2. The smallest absolute Gasteiger partial charge is 0.338 e. The number of piperidine rings is 1. The third-order valence-corrected chi connectivity index (χ3v) is 4.58. The first-order valence-electron chi connectivity index (χ1n) is 8.49. The number of rotatable bonds is 4. The molecule has 1 aliphatic rings. The lowest BCUT2D eigenvalue weighted by Gasteiger charge is -2.36. The summed E-state index contributed by atoms with van der Waals surface area (Å²) in [6.07, 6.45) is -0.776. The topological polar surface area (TPSA) is 40.6 Å². The Morgan fingerprint density at radius 2 is 2.00 bits per heavy atom. The summed E-state index contributed by atoms with van der Waals surface area (Å²) in [5, 5.41) is 0. The summed E-state index contributed by atoms with van der Waals surface area (Å²) >= 11 is 0. The molecule has 2 rings (SSSR count). The van der Waals surface area contributed by atoms with E-state index in [-0.39, 0.29) is 24.2 Å². The number of hydrogen-bond donors (Lipinski definition) is 0. The zero-order valence-corrected chi connectivity index (χ0v) is 14.5. The molecular weight excluding hydrogens is 333 g/mol. The Kier molecular flexibility index (Phi) is 6.08. The van der Waals surface area contributed by atoms with E-state index >= 15 is 0 Å². The van der Waals surface area contributed by atoms with Gasteiger partial charge in [0.05, 0.1) is 5.56 Å². The van der Waals surface area contributed by atoms with E-state index in [0.29, 0.717) is 6.54 Å². The van der Waals surface area contributed by atoms with E-state index in [0.717, 1.165) is 42.7 Å². The van der Waals surface area contributed by atoms with E-state index in [1.165, 1.54) is 19.1 Å². The highest BCUT2D eigenvalue weighted by atomic mass is 19.4. The average molecular weight is 356 g/mol. The number of hydrogen-bond acceptors (Lipinski definition) is 2. The molecule has 1 heterocycles. The van der Waals surface area contributed by atoms with Crippen molar-refractivity contribution in [3.05, 3.63) is 29.8 Å². The van der Waals surface area contributed by atoms with Crippen LogP contribution in [0.3, 0.4) is 0 Å². The summed E-state index contributed by atoms with van der Waals surface area (Å²) in [7, 11) is 0. The summed E-state index contributed by atoms with van der Waals surface area (Å²) in [5.74, 6) is -0.683. The zero-order valence-electron chi connectivity index (χ0n) is 14.5. The second-order valence-electron chi connectivity index (χ2n) is 6.30. The number of benzene rings is 1. The predicted octanol–water partition coefficient (Wildman–Crippen LogP) is 3.85. The van der Waals surface area contributed by atoms with E-state index < -0.39 is 17.6 Å². The Morgan fingerprint density at radius 1 is 1.28 bits per heavy atom. The second kappa shape index (κ2) is 7.89. The zero-order chi connectivity index (χ0) is 18.6. The molecule has 138 valence electrons. The van der Waals surface area contributed by atoms with Gasteiger partial charge in [-0.25, -0.2) is 0 Å². The van der Waals surface area contributed by atoms with Crippen LogP contribution in [0.15, 0.2) is 24.3 Å². The van der Waals surface area contributed by atoms with Crippen LogP contribution in [-0.2, 0) is 15.8 Å². The Balaban J connectivity index is 2.21. The summed E-state index contributed by atoms with van der Waals surface area (Å²) in [6.45, 7) is 3.64. The molecule has 7 heteroatoms. The first-order valence-corrected chi connectivity index (χ1v) is 8.49. The van der Waals surface area contributed by atoms with Gasteiger partial charge in [-0.3, -0.25) is 9.59 Å². The SMILES string of the molecule is CCC1CCCCN1C(=O)CN(C(C)=O)c1cccc(C(F)(F)F)c1. The lowest BCUT2D eigenvalue weighted by Crippen LogP contribution is -2.48. The summed E-state index contributed by atoms with van der Waals surface area (Å²) < 4.78 is 38.7. The summed E-state index contributed by atoms with van der Waals surface area (Å²) in [4.78, 5) is 27.5. The van der Waals surface area contributed by atoms with E-state index in [1.807, 2.05) is 6.92 Å². The van der Waals surface area contributed by atoms with Gasteiger partial charge in [-0.1, -0.05) is 13.0 Å². The number of anilines is 1. The van der Waals surface area contributed by atoms with Crippen LogP contribution in [0.2, 0.25) is 0 Å². The molecule has 1 atom stereocenters. The largest absolute Gasteiger partial charge is 0.416 e. The van der Waals surface area contributed by atoms with Crippen LogP contribution in [0.25, 0.3) is 0 Å². The van der Waals surface area contributed by atoms with Crippen LogP contribution in [0.4, 0.5) is 18.9 Å². The molecule has 0 bridgehead atoms. The highest BCUT2D eigenvalue weighted by Crippen LogP contribution is 2.32. The second-order valence-corrected chi connectivity index (χ2v) is 6.30. The molecule has 0 spiro atoms. The standard InChI is InChI=1S/C18H23F3N2O2/c1-3-15-8-4-5-10-22(15)17(25)12-23(13(2)24)16-9-6-7-14(11-16)18(19,20)21/h6-7,9,11,15H,3-5,8,10,12H2,1-2H3. The molecule has 0 aromatic heterocycles. The number of nitrogens with zero attached hydrogens (tertiary/aromatic N) is 2. The highest BCUT2D eigenvalue weighted by Gasteiger charge is 2.32. The van der Waals surface area contributed by atoms with Crippen molar-refractivity contribution in [1.29, 1.82) is 0 Å².